The van der Waals surface area contributed by atoms with E-state index in [1.165, 1.54) is 4.90 Å². The lowest BCUT2D eigenvalue weighted by Gasteiger charge is -2.26. The highest BCUT2D eigenvalue weighted by molar-refractivity contribution is 5.65. The Kier molecular flexibility index (Phi) is 4.53. The molecule has 0 radical (unpaired) electrons. The van der Waals surface area contributed by atoms with Crippen LogP contribution in [0, 0.1) is 10.1 Å². The van der Waals surface area contributed by atoms with Crippen LogP contribution in [0.25, 0.3) is 0 Å². The van der Waals surface area contributed by atoms with Gasteiger partial charge in [0.2, 0.25) is 0 Å². The molecule has 0 amide bonds. The zero-order valence-electron chi connectivity index (χ0n) is 12.4. The van der Waals surface area contributed by atoms with Crippen LogP contribution >= 0.6 is 0 Å². The van der Waals surface area contributed by atoms with Crippen molar-refractivity contribution in [2.45, 2.75) is 19.1 Å². The number of nitro groups is 1. The Balaban J connectivity index is 2.44. The van der Waals surface area contributed by atoms with Gasteiger partial charge in [0.1, 0.15) is 5.69 Å². The number of aromatic nitrogens is 1. The SMILES string of the molecule is CC(c1ccccn1)N(C)c1ccc(C(F)(F)F)cc1[N+](=O)[O-]. The average molecular weight is 325 g/mol. The quantitative estimate of drug-likeness (QED) is 0.624. The summed E-state index contributed by atoms with van der Waals surface area (Å²) in [5.41, 5.74) is -0.887. The van der Waals surface area contributed by atoms with Crippen molar-refractivity contribution in [1.29, 1.82) is 0 Å². The van der Waals surface area contributed by atoms with Crippen LogP contribution in [-0.2, 0) is 6.18 Å². The fourth-order valence-corrected chi connectivity index (χ4v) is 2.17. The predicted octanol–water partition coefficient (Wildman–Crippen LogP) is 4.21. The van der Waals surface area contributed by atoms with Crippen molar-refractivity contribution in [1.82, 2.24) is 4.98 Å². The lowest BCUT2D eigenvalue weighted by Crippen LogP contribution is -2.23. The molecule has 1 aromatic carbocycles. The molecule has 0 aliphatic rings. The number of pyridine rings is 1. The van der Waals surface area contributed by atoms with Crippen LogP contribution in [0.3, 0.4) is 0 Å². The third kappa shape index (κ3) is 3.58. The molecule has 0 N–H and O–H groups in total. The average Bonchev–Trinajstić information content (AvgIpc) is 2.52. The zero-order valence-corrected chi connectivity index (χ0v) is 12.4. The fraction of sp³-hybridized carbons (Fsp3) is 0.267. The van der Waals surface area contributed by atoms with Gasteiger partial charge in [0, 0.05) is 19.3 Å². The van der Waals surface area contributed by atoms with Gasteiger partial charge in [0.15, 0.2) is 0 Å². The van der Waals surface area contributed by atoms with Gasteiger partial charge in [-0.15, -0.1) is 0 Å². The van der Waals surface area contributed by atoms with Crippen molar-refractivity contribution < 1.29 is 18.1 Å². The molecule has 0 fully saturated rings. The van der Waals surface area contributed by atoms with Crippen LogP contribution in [0.4, 0.5) is 24.5 Å². The molecule has 5 nitrogen and oxygen atoms in total. The Morgan fingerprint density at radius 3 is 2.48 bits per heavy atom. The van der Waals surface area contributed by atoms with Crippen LogP contribution < -0.4 is 4.90 Å². The van der Waals surface area contributed by atoms with Gasteiger partial charge in [0.05, 0.1) is 22.2 Å². The standard InChI is InChI=1S/C15H14F3N3O2/c1-10(12-5-3-4-8-19-12)20(2)13-7-6-11(15(16,17)18)9-14(13)21(22)23/h3-10H,1-2H3. The van der Waals surface area contributed by atoms with Gasteiger partial charge in [-0.1, -0.05) is 6.07 Å². The number of hydrogen-bond donors (Lipinski definition) is 0. The predicted molar refractivity (Wildman–Crippen MR) is 79.2 cm³/mol. The first-order valence-corrected chi connectivity index (χ1v) is 6.71. The highest BCUT2D eigenvalue weighted by atomic mass is 19.4. The Labute approximate surface area is 130 Å². The molecule has 2 rings (SSSR count). The van der Waals surface area contributed by atoms with Gasteiger partial charge in [-0.3, -0.25) is 15.1 Å². The molecule has 1 heterocycles. The van der Waals surface area contributed by atoms with Crippen LogP contribution in [0.15, 0.2) is 42.6 Å². The first-order valence-electron chi connectivity index (χ1n) is 6.71. The summed E-state index contributed by atoms with van der Waals surface area (Å²) >= 11 is 0. The van der Waals surface area contributed by atoms with E-state index in [9.17, 15) is 23.3 Å². The topological polar surface area (TPSA) is 59.3 Å². The molecule has 0 aliphatic carbocycles. The second kappa shape index (κ2) is 6.23. The second-order valence-electron chi connectivity index (χ2n) is 5.00. The number of hydrogen-bond acceptors (Lipinski definition) is 4. The molecule has 2 aromatic rings. The lowest BCUT2D eigenvalue weighted by molar-refractivity contribution is -0.384. The largest absolute Gasteiger partial charge is 0.416 e. The molecule has 1 unspecified atom stereocenters. The summed E-state index contributed by atoms with van der Waals surface area (Å²) in [6.07, 6.45) is -3.05. The van der Waals surface area contributed by atoms with E-state index in [1.807, 2.05) is 0 Å². The number of benzene rings is 1. The molecule has 0 bridgehead atoms. The van der Waals surface area contributed by atoms with E-state index in [2.05, 4.69) is 4.98 Å². The number of nitrogens with zero attached hydrogens (tertiary/aromatic N) is 3. The molecule has 122 valence electrons. The Morgan fingerprint density at radius 2 is 1.96 bits per heavy atom. The van der Waals surface area contributed by atoms with Crippen molar-refractivity contribution >= 4 is 11.4 Å². The molecule has 0 aliphatic heterocycles. The van der Waals surface area contributed by atoms with E-state index in [0.717, 1.165) is 12.1 Å². The Bertz CT molecular complexity index is 705. The van der Waals surface area contributed by atoms with Crippen LogP contribution in [-0.4, -0.2) is 17.0 Å². The molecule has 1 atom stereocenters. The molecule has 8 heteroatoms. The summed E-state index contributed by atoms with van der Waals surface area (Å²) < 4.78 is 38.2. The number of rotatable bonds is 4. The van der Waals surface area contributed by atoms with Crippen molar-refractivity contribution in [3.63, 3.8) is 0 Å². The van der Waals surface area contributed by atoms with E-state index in [1.54, 1.807) is 38.4 Å². The number of alkyl halides is 3. The van der Waals surface area contributed by atoms with Gasteiger partial charge in [0.25, 0.3) is 5.69 Å². The van der Waals surface area contributed by atoms with E-state index < -0.39 is 22.4 Å². The highest BCUT2D eigenvalue weighted by Crippen LogP contribution is 2.38. The highest BCUT2D eigenvalue weighted by Gasteiger charge is 2.34. The second-order valence-corrected chi connectivity index (χ2v) is 5.00. The fourth-order valence-electron chi connectivity index (χ4n) is 2.17. The summed E-state index contributed by atoms with van der Waals surface area (Å²) in [6.45, 7) is 1.77. The van der Waals surface area contributed by atoms with Gasteiger partial charge >= 0.3 is 6.18 Å². The van der Waals surface area contributed by atoms with Crippen LogP contribution in [0.1, 0.15) is 24.2 Å². The summed E-state index contributed by atoms with van der Waals surface area (Å²) in [5, 5.41) is 11.2. The van der Waals surface area contributed by atoms with E-state index in [-0.39, 0.29) is 11.7 Å². The van der Waals surface area contributed by atoms with Gasteiger partial charge < -0.3 is 4.90 Å². The van der Waals surface area contributed by atoms with E-state index in [4.69, 9.17) is 0 Å². The smallest absolute Gasteiger partial charge is 0.361 e. The van der Waals surface area contributed by atoms with Crippen molar-refractivity contribution in [2.75, 3.05) is 11.9 Å². The Hall–Kier alpha value is -2.64. The minimum atomic E-state index is -4.63. The minimum Gasteiger partial charge on any atom is -0.361 e. The molecular weight excluding hydrogens is 311 g/mol. The molecule has 23 heavy (non-hydrogen) atoms. The van der Waals surface area contributed by atoms with E-state index in [0.29, 0.717) is 11.8 Å². The van der Waals surface area contributed by atoms with E-state index >= 15 is 0 Å². The van der Waals surface area contributed by atoms with Crippen molar-refractivity contribution in [3.8, 4) is 0 Å². The maximum Gasteiger partial charge on any atom is 0.416 e. The summed E-state index contributed by atoms with van der Waals surface area (Å²) in [4.78, 5) is 16.0. The normalized spacial score (nSPS) is 12.7. The minimum absolute atomic E-state index is 0.0983. The molecular formula is C15H14F3N3O2. The summed E-state index contributed by atoms with van der Waals surface area (Å²) in [7, 11) is 1.58. The summed E-state index contributed by atoms with van der Waals surface area (Å²) in [5.74, 6) is 0. The maximum atomic E-state index is 12.7. The molecule has 0 spiro atoms. The monoisotopic (exact) mass is 325 g/mol. The maximum absolute atomic E-state index is 12.7. The van der Waals surface area contributed by atoms with Crippen LogP contribution in [0.2, 0.25) is 0 Å². The molecule has 1 aromatic heterocycles. The first kappa shape index (κ1) is 16.7. The number of nitro benzene ring substituents is 1. The number of anilines is 1. The van der Waals surface area contributed by atoms with Gasteiger partial charge in [-0.05, 0) is 31.2 Å². The Morgan fingerprint density at radius 1 is 1.26 bits per heavy atom. The van der Waals surface area contributed by atoms with Gasteiger partial charge in [-0.2, -0.15) is 13.2 Å². The van der Waals surface area contributed by atoms with Crippen molar-refractivity contribution in [3.05, 3.63) is 64.0 Å². The van der Waals surface area contributed by atoms with Gasteiger partial charge in [-0.25, -0.2) is 0 Å². The molecule has 0 saturated carbocycles. The lowest BCUT2D eigenvalue weighted by atomic mass is 10.1. The van der Waals surface area contributed by atoms with Crippen molar-refractivity contribution in [2.24, 2.45) is 0 Å². The third-order valence-corrected chi connectivity index (χ3v) is 3.58. The van der Waals surface area contributed by atoms with Crippen LogP contribution in [0.5, 0.6) is 0 Å². The summed E-state index contributed by atoms with van der Waals surface area (Å²) in [6, 6.07) is 7.41. The molecule has 0 saturated heterocycles. The third-order valence-electron chi connectivity index (χ3n) is 3.58. The number of halogens is 3. The first-order chi connectivity index (χ1) is 10.7. The zero-order chi connectivity index (χ0) is 17.2.